The Hall–Kier alpha value is -2.24. The Kier molecular flexibility index (Phi) is 4.15. The molecule has 0 amide bonds. The van der Waals surface area contributed by atoms with Crippen LogP contribution in [0.15, 0.2) is 42.5 Å². The largest absolute Gasteiger partial charge is 0.512 e. The van der Waals surface area contributed by atoms with Gasteiger partial charge in [0, 0.05) is 11.5 Å². The SMILES string of the molecule is O=C(O)Oc1cc2ccc(F)cc2n1Cc1ccc(Cl)c(Cl)c1. The molecule has 118 valence electrons. The first-order valence-electron chi connectivity index (χ1n) is 6.57. The second-order valence-electron chi connectivity index (χ2n) is 4.89. The van der Waals surface area contributed by atoms with Crippen molar-refractivity contribution in [2.45, 2.75) is 6.54 Å². The third kappa shape index (κ3) is 3.25. The van der Waals surface area contributed by atoms with E-state index in [1.165, 1.54) is 12.1 Å². The van der Waals surface area contributed by atoms with Crippen molar-refractivity contribution in [3.8, 4) is 5.88 Å². The monoisotopic (exact) mass is 353 g/mol. The number of hydrogen-bond acceptors (Lipinski definition) is 2. The molecular weight excluding hydrogens is 344 g/mol. The van der Waals surface area contributed by atoms with Gasteiger partial charge in [0.1, 0.15) is 5.82 Å². The molecular formula is C16H10Cl2FNO3. The van der Waals surface area contributed by atoms with Crippen LogP contribution in [-0.4, -0.2) is 15.8 Å². The van der Waals surface area contributed by atoms with Crippen LogP contribution in [0.4, 0.5) is 9.18 Å². The number of nitrogens with zero attached hydrogens (tertiary/aromatic N) is 1. The predicted octanol–water partition coefficient (Wildman–Crippen LogP) is 5.19. The predicted molar refractivity (Wildman–Crippen MR) is 86.1 cm³/mol. The summed E-state index contributed by atoms with van der Waals surface area (Å²) in [6, 6.07) is 10.8. The molecule has 7 heteroatoms. The molecule has 0 radical (unpaired) electrons. The Labute approximate surface area is 140 Å². The minimum Gasteiger partial charge on any atom is -0.449 e. The van der Waals surface area contributed by atoms with Gasteiger partial charge in [-0.3, -0.25) is 0 Å². The average Bonchev–Trinajstić information content (AvgIpc) is 2.79. The Morgan fingerprint density at radius 1 is 1.13 bits per heavy atom. The molecule has 4 nitrogen and oxygen atoms in total. The molecule has 0 saturated heterocycles. The number of aromatic nitrogens is 1. The van der Waals surface area contributed by atoms with Gasteiger partial charge in [0.2, 0.25) is 5.88 Å². The quantitative estimate of drug-likeness (QED) is 0.659. The zero-order valence-corrected chi connectivity index (χ0v) is 13.1. The molecule has 2 aromatic carbocycles. The van der Waals surface area contributed by atoms with Crippen molar-refractivity contribution in [2.75, 3.05) is 0 Å². The lowest BCUT2D eigenvalue weighted by molar-refractivity contribution is 0.141. The van der Waals surface area contributed by atoms with Crippen LogP contribution in [0.3, 0.4) is 0 Å². The van der Waals surface area contributed by atoms with E-state index >= 15 is 0 Å². The zero-order valence-electron chi connectivity index (χ0n) is 11.6. The number of fused-ring (bicyclic) bond motifs is 1. The molecule has 3 rings (SSSR count). The number of ether oxygens (including phenoxy) is 1. The van der Waals surface area contributed by atoms with E-state index in [2.05, 4.69) is 0 Å². The van der Waals surface area contributed by atoms with E-state index in [0.717, 1.165) is 5.56 Å². The van der Waals surface area contributed by atoms with Crippen molar-refractivity contribution >= 4 is 40.3 Å². The topological polar surface area (TPSA) is 51.5 Å². The number of benzene rings is 2. The molecule has 1 aromatic heterocycles. The molecule has 0 aliphatic rings. The number of carboxylic acid groups (broad SMARTS) is 1. The van der Waals surface area contributed by atoms with E-state index in [9.17, 15) is 9.18 Å². The van der Waals surface area contributed by atoms with Crippen molar-refractivity contribution < 1.29 is 19.0 Å². The van der Waals surface area contributed by atoms with Crippen LogP contribution in [-0.2, 0) is 6.54 Å². The Morgan fingerprint density at radius 2 is 1.91 bits per heavy atom. The van der Waals surface area contributed by atoms with Crippen molar-refractivity contribution in [3.63, 3.8) is 0 Å². The lowest BCUT2D eigenvalue weighted by atomic mass is 10.2. The highest BCUT2D eigenvalue weighted by atomic mass is 35.5. The Balaban J connectivity index is 2.10. The molecule has 0 saturated carbocycles. The minimum absolute atomic E-state index is 0.101. The second kappa shape index (κ2) is 6.10. The van der Waals surface area contributed by atoms with Gasteiger partial charge < -0.3 is 14.4 Å². The summed E-state index contributed by atoms with van der Waals surface area (Å²) in [6.07, 6.45) is -1.44. The molecule has 1 N–H and O–H groups in total. The van der Waals surface area contributed by atoms with E-state index in [-0.39, 0.29) is 12.4 Å². The van der Waals surface area contributed by atoms with Gasteiger partial charge in [-0.2, -0.15) is 0 Å². The summed E-state index contributed by atoms with van der Waals surface area (Å²) in [5.41, 5.74) is 1.30. The van der Waals surface area contributed by atoms with Crippen LogP contribution >= 0.6 is 23.2 Å². The molecule has 23 heavy (non-hydrogen) atoms. The summed E-state index contributed by atoms with van der Waals surface area (Å²) in [6.45, 7) is 0.256. The Morgan fingerprint density at radius 3 is 2.61 bits per heavy atom. The first kappa shape index (κ1) is 15.6. The third-order valence-electron chi connectivity index (χ3n) is 3.34. The molecule has 0 unspecified atom stereocenters. The van der Waals surface area contributed by atoms with Gasteiger partial charge >= 0.3 is 6.16 Å². The van der Waals surface area contributed by atoms with E-state index in [0.29, 0.717) is 20.9 Å². The fourth-order valence-electron chi connectivity index (χ4n) is 2.36. The van der Waals surface area contributed by atoms with Crippen LogP contribution in [0.25, 0.3) is 10.9 Å². The number of halogens is 3. The maximum Gasteiger partial charge on any atom is 0.512 e. The zero-order chi connectivity index (χ0) is 16.6. The van der Waals surface area contributed by atoms with E-state index in [1.807, 2.05) is 0 Å². The van der Waals surface area contributed by atoms with Crippen molar-refractivity contribution in [1.29, 1.82) is 0 Å². The average molecular weight is 354 g/mol. The van der Waals surface area contributed by atoms with E-state index < -0.39 is 12.0 Å². The molecule has 3 aromatic rings. The molecule has 1 heterocycles. The summed E-state index contributed by atoms with van der Waals surface area (Å²) in [4.78, 5) is 10.9. The van der Waals surface area contributed by atoms with Gasteiger partial charge in [-0.05, 0) is 35.9 Å². The van der Waals surface area contributed by atoms with Crippen LogP contribution < -0.4 is 4.74 Å². The Bertz CT molecular complexity index is 908. The summed E-state index contributed by atoms with van der Waals surface area (Å²) < 4.78 is 19.9. The fraction of sp³-hybridized carbons (Fsp3) is 0.0625. The van der Waals surface area contributed by atoms with Crippen LogP contribution in [0.1, 0.15) is 5.56 Å². The first-order valence-corrected chi connectivity index (χ1v) is 7.33. The van der Waals surface area contributed by atoms with Crippen LogP contribution in [0.2, 0.25) is 10.0 Å². The molecule has 0 aliphatic carbocycles. The van der Waals surface area contributed by atoms with Crippen molar-refractivity contribution in [3.05, 3.63) is 63.9 Å². The maximum atomic E-state index is 13.5. The lowest BCUT2D eigenvalue weighted by Gasteiger charge is -2.10. The number of hydrogen-bond donors (Lipinski definition) is 1. The van der Waals surface area contributed by atoms with Gasteiger partial charge in [-0.25, -0.2) is 9.18 Å². The molecule has 0 bridgehead atoms. The summed E-state index contributed by atoms with van der Waals surface area (Å²) in [5.74, 6) is -0.322. The van der Waals surface area contributed by atoms with Gasteiger partial charge in [-0.1, -0.05) is 29.3 Å². The highest BCUT2D eigenvalue weighted by molar-refractivity contribution is 6.42. The molecule has 0 atom stereocenters. The first-order chi connectivity index (χ1) is 10.9. The smallest absolute Gasteiger partial charge is 0.449 e. The van der Waals surface area contributed by atoms with Crippen LogP contribution in [0.5, 0.6) is 5.88 Å². The van der Waals surface area contributed by atoms with Crippen LogP contribution in [0, 0.1) is 5.82 Å². The van der Waals surface area contributed by atoms with E-state index in [1.54, 1.807) is 34.9 Å². The normalized spacial score (nSPS) is 10.9. The van der Waals surface area contributed by atoms with Gasteiger partial charge in [-0.15, -0.1) is 0 Å². The summed E-state index contributed by atoms with van der Waals surface area (Å²) >= 11 is 11.9. The van der Waals surface area contributed by atoms with Gasteiger partial charge in [0.25, 0.3) is 0 Å². The van der Waals surface area contributed by atoms with Crippen molar-refractivity contribution in [1.82, 2.24) is 4.57 Å². The number of rotatable bonds is 3. The molecule has 0 fully saturated rings. The fourth-order valence-corrected chi connectivity index (χ4v) is 2.68. The van der Waals surface area contributed by atoms with Gasteiger partial charge in [0.05, 0.1) is 22.1 Å². The van der Waals surface area contributed by atoms with Gasteiger partial charge in [0.15, 0.2) is 0 Å². The highest BCUT2D eigenvalue weighted by Crippen LogP contribution is 2.29. The minimum atomic E-state index is -1.44. The number of carbonyl (C=O) groups is 1. The molecule has 0 aliphatic heterocycles. The highest BCUT2D eigenvalue weighted by Gasteiger charge is 2.14. The standard InChI is InChI=1S/C16H10Cl2FNO3/c17-12-4-1-9(5-13(12)18)8-20-14-7-11(19)3-2-10(14)6-15(20)23-16(21)22/h1-7H,8H2,(H,21,22). The van der Waals surface area contributed by atoms with Crippen molar-refractivity contribution in [2.24, 2.45) is 0 Å². The summed E-state index contributed by atoms with van der Waals surface area (Å²) in [5, 5.41) is 10.3. The van der Waals surface area contributed by atoms with E-state index in [4.69, 9.17) is 33.0 Å². The maximum absolute atomic E-state index is 13.5. The summed E-state index contributed by atoms with van der Waals surface area (Å²) in [7, 11) is 0. The lowest BCUT2D eigenvalue weighted by Crippen LogP contribution is -2.09. The third-order valence-corrected chi connectivity index (χ3v) is 4.08. The second-order valence-corrected chi connectivity index (χ2v) is 5.70. The molecule has 0 spiro atoms.